The summed E-state index contributed by atoms with van der Waals surface area (Å²) >= 11 is 1.43. The number of hydrogen-bond acceptors (Lipinski definition) is 5. The van der Waals surface area contributed by atoms with Crippen molar-refractivity contribution in [2.45, 2.75) is 20.3 Å². The Kier molecular flexibility index (Phi) is 8.54. The molecule has 0 spiro atoms. The van der Waals surface area contributed by atoms with Crippen molar-refractivity contribution >= 4 is 41.2 Å². The van der Waals surface area contributed by atoms with Crippen LogP contribution in [0.5, 0.6) is 0 Å². The third-order valence-electron chi connectivity index (χ3n) is 3.58. The molecule has 8 heteroatoms. The molecular weight excluding hydrogens is 360 g/mol. The number of rotatable bonds is 7. The molecule has 0 radical (unpaired) electrons. The lowest BCUT2D eigenvalue weighted by Gasteiger charge is -2.18. The van der Waals surface area contributed by atoms with E-state index < -0.39 is 0 Å². The average Bonchev–Trinajstić information content (AvgIpc) is 3.06. The number of halogens is 1. The minimum Gasteiger partial charge on any atom is -0.339 e. The molecule has 0 saturated carbocycles. The quantitative estimate of drug-likeness (QED) is 0.770. The maximum Gasteiger partial charge on any atom is 0.275 e. The Hall–Kier alpha value is -1.96. The lowest BCUT2D eigenvalue weighted by molar-refractivity contribution is 0.0773. The molecule has 0 aliphatic rings. The standard InChI is InChI=1S/C17H22N4O2S.ClH/c1-3-21(4-2)17(23)12-5-7-13(8-6-12)19-16(22)14-11-24-15(20-14)9-10-18;/h5-8,11H,3-4,9-10,18H2,1-2H3,(H,19,22);1H. The molecule has 25 heavy (non-hydrogen) atoms. The summed E-state index contributed by atoms with van der Waals surface area (Å²) < 4.78 is 0. The molecule has 0 bridgehead atoms. The van der Waals surface area contributed by atoms with E-state index in [-0.39, 0.29) is 24.2 Å². The molecule has 0 atom stereocenters. The molecule has 2 amide bonds. The number of hydrogen-bond donors (Lipinski definition) is 2. The van der Waals surface area contributed by atoms with Crippen LogP contribution in [0.25, 0.3) is 0 Å². The summed E-state index contributed by atoms with van der Waals surface area (Å²) in [7, 11) is 0. The highest BCUT2D eigenvalue weighted by Gasteiger charge is 2.14. The van der Waals surface area contributed by atoms with Gasteiger partial charge in [-0.05, 0) is 44.7 Å². The lowest BCUT2D eigenvalue weighted by Crippen LogP contribution is -2.30. The summed E-state index contributed by atoms with van der Waals surface area (Å²) in [6.07, 6.45) is 0.667. The third-order valence-corrected chi connectivity index (χ3v) is 4.49. The summed E-state index contributed by atoms with van der Waals surface area (Å²) in [5.74, 6) is -0.277. The van der Waals surface area contributed by atoms with Gasteiger partial charge in [0.05, 0.1) is 5.01 Å². The van der Waals surface area contributed by atoms with Crippen molar-refractivity contribution in [3.05, 3.63) is 45.9 Å². The van der Waals surface area contributed by atoms with Crippen molar-refractivity contribution in [2.24, 2.45) is 5.73 Å². The second-order valence-electron chi connectivity index (χ2n) is 5.17. The van der Waals surface area contributed by atoms with Crippen LogP contribution in [0.4, 0.5) is 5.69 Å². The number of carbonyl (C=O) groups is 2. The number of nitrogens with two attached hydrogens (primary N) is 1. The largest absolute Gasteiger partial charge is 0.339 e. The number of thiazole rings is 1. The molecule has 1 aromatic carbocycles. The third kappa shape index (κ3) is 5.52. The minimum atomic E-state index is -0.266. The van der Waals surface area contributed by atoms with Crippen molar-refractivity contribution in [3.8, 4) is 0 Å². The van der Waals surface area contributed by atoms with Crippen LogP contribution in [0.2, 0.25) is 0 Å². The van der Waals surface area contributed by atoms with Gasteiger partial charge in [-0.3, -0.25) is 9.59 Å². The van der Waals surface area contributed by atoms with Gasteiger partial charge in [0.15, 0.2) is 0 Å². The number of carbonyl (C=O) groups excluding carboxylic acids is 2. The van der Waals surface area contributed by atoms with Crippen molar-refractivity contribution in [3.63, 3.8) is 0 Å². The Morgan fingerprint density at radius 3 is 2.40 bits per heavy atom. The van der Waals surface area contributed by atoms with Crippen molar-refractivity contribution in [1.29, 1.82) is 0 Å². The average molecular weight is 383 g/mol. The molecule has 0 saturated heterocycles. The zero-order valence-electron chi connectivity index (χ0n) is 14.3. The second kappa shape index (κ2) is 10.1. The van der Waals surface area contributed by atoms with E-state index in [4.69, 9.17) is 5.73 Å². The van der Waals surface area contributed by atoms with Gasteiger partial charge in [0, 0.05) is 36.1 Å². The predicted octanol–water partition coefficient (Wildman–Crippen LogP) is 2.80. The Balaban J connectivity index is 0.00000312. The monoisotopic (exact) mass is 382 g/mol. The van der Waals surface area contributed by atoms with E-state index >= 15 is 0 Å². The smallest absolute Gasteiger partial charge is 0.275 e. The summed E-state index contributed by atoms with van der Waals surface area (Å²) in [6.45, 7) is 5.74. The lowest BCUT2D eigenvalue weighted by atomic mass is 10.1. The number of nitrogens with one attached hydrogen (secondary N) is 1. The van der Waals surface area contributed by atoms with E-state index in [1.807, 2.05) is 13.8 Å². The Morgan fingerprint density at radius 2 is 1.84 bits per heavy atom. The molecule has 1 heterocycles. The molecule has 3 N–H and O–H groups in total. The molecule has 136 valence electrons. The van der Waals surface area contributed by atoms with Crippen LogP contribution in [-0.4, -0.2) is 41.3 Å². The number of anilines is 1. The highest BCUT2D eigenvalue weighted by atomic mass is 35.5. The van der Waals surface area contributed by atoms with Gasteiger partial charge in [0.2, 0.25) is 0 Å². The van der Waals surface area contributed by atoms with Gasteiger partial charge in [-0.2, -0.15) is 0 Å². The first-order valence-electron chi connectivity index (χ1n) is 7.94. The number of benzene rings is 1. The topological polar surface area (TPSA) is 88.3 Å². The molecule has 1 aromatic heterocycles. The van der Waals surface area contributed by atoms with Crippen LogP contribution in [0.1, 0.15) is 39.7 Å². The molecular formula is C17H23ClN4O2S. The van der Waals surface area contributed by atoms with E-state index in [0.29, 0.717) is 43.0 Å². The first kappa shape index (κ1) is 21.1. The fourth-order valence-corrected chi connectivity index (χ4v) is 3.03. The van der Waals surface area contributed by atoms with Gasteiger partial charge >= 0.3 is 0 Å². The maximum atomic E-state index is 12.2. The van der Waals surface area contributed by atoms with E-state index in [0.717, 1.165) is 5.01 Å². The fraction of sp³-hybridized carbons (Fsp3) is 0.353. The molecule has 2 aromatic rings. The predicted molar refractivity (Wildman–Crippen MR) is 104 cm³/mol. The van der Waals surface area contributed by atoms with E-state index in [1.165, 1.54) is 11.3 Å². The van der Waals surface area contributed by atoms with E-state index in [9.17, 15) is 9.59 Å². The number of amides is 2. The number of nitrogens with zero attached hydrogens (tertiary/aromatic N) is 2. The van der Waals surface area contributed by atoms with Crippen molar-refractivity contribution < 1.29 is 9.59 Å². The van der Waals surface area contributed by atoms with Gasteiger partial charge in [-0.15, -0.1) is 23.7 Å². The van der Waals surface area contributed by atoms with Crippen LogP contribution in [0.3, 0.4) is 0 Å². The van der Waals surface area contributed by atoms with Gasteiger partial charge in [-0.25, -0.2) is 4.98 Å². The maximum absolute atomic E-state index is 12.2. The van der Waals surface area contributed by atoms with Gasteiger partial charge in [0.1, 0.15) is 5.69 Å². The zero-order valence-corrected chi connectivity index (χ0v) is 16.0. The fourth-order valence-electron chi connectivity index (χ4n) is 2.24. The first-order chi connectivity index (χ1) is 11.6. The van der Waals surface area contributed by atoms with Crippen LogP contribution in [-0.2, 0) is 6.42 Å². The second-order valence-corrected chi connectivity index (χ2v) is 6.12. The van der Waals surface area contributed by atoms with Crippen molar-refractivity contribution in [2.75, 3.05) is 25.0 Å². The summed E-state index contributed by atoms with van der Waals surface area (Å²) in [6, 6.07) is 6.89. The Bertz CT molecular complexity index is 699. The van der Waals surface area contributed by atoms with Crippen LogP contribution < -0.4 is 11.1 Å². The Labute approximate surface area is 157 Å². The molecule has 6 nitrogen and oxygen atoms in total. The molecule has 0 unspecified atom stereocenters. The van der Waals surface area contributed by atoms with Crippen LogP contribution in [0.15, 0.2) is 29.6 Å². The van der Waals surface area contributed by atoms with Crippen LogP contribution in [0, 0.1) is 0 Å². The zero-order chi connectivity index (χ0) is 17.5. The molecule has 0 aliphatic carbocycles. The van der Waals surface area contributed by atoms with E-state index in [2.05, 4.69) is 10.3 Å². The molecule has 0 fully saturated rings. The minimum absolute atomic E-state index is 0. The SMILES string of the molecule is CCN(CC)C(=O)c1ccc(NC(=O)c2csc(CCN)n2)cc1.Cl. The highest BCUT2D eigenvalue weighted by molar-refractivity contribution is 7.09. The number of aromatic nitrogens is 1. The normalized spacial score (nSPS) is 10.0. The highest BCUT2D eigenvalue weighted by Crippen LogP contribution is 2.15. The Morgan fingerprint density at radius 1 is 1.20 bits per heavy atom. The van der Waals surface area contributed by atoms with Crippen LogP contribution >= 0.6 is 23.7 Å². The molecule has 0 aliphatic heterocycles. The van der Waals surface area contributed by atoms with Gasteiger partial charge in [0.25, 0.3) is 11.8 Å². The van der Waals surface area contributed by atoms with Gasteiger partial charge < -0.3 is 16.0 Å². The van der Waals surface area contributed by atoms with Gasteiger partial charge in [-0.1, -0.05) is 0 Å². The van der Waals surface area contributed by atoms with E-state index in [1.54, 1.807) is 34.5 Å². The summed E-state index contributed by atoms with van der Waals surface area (Å²) in [5.41, 5.74) is 7.10. The first-order valence-corrected chi connectivity index (χ1v) is 8.82. The molecule has 2 rings (SSSR count). The van der Waals surface area contributed by atoms with Crippen molar-refractivity contribution in [1.82, 2.24) is 9.88 Å². The summed E-state index contributed by atoms with van der Waals surface area (Å²) in [4.78, 5) is 30.4. The summed E-state index contributed by atoms with van der Waals surface area (Å²) in [5, 5.41) is 5.36.